The average molecular weight is 205 g/mol. The first-order chi connectivity index (χ1) is 7.22. The average Bonchev–Trinajstić information content (AvgIpc) is 3.11. The zero-order valence-corrected chi connectivity index (χ0v) is 9.40. The first kappa shape index (κ1) is 10.7. The van der Waals surface area contributed by atoms with Crippen LogP contribution in [0.4, 0.5) is 0 Å². The standard InChI is InChI=1S/C13H19NO/c1-9(14-2)13(15)12-5-3-4-11(8-12)10-6-7-10/h3-5,8-10,13-15H,6-7H2,1-2H3/t9?,13-/m1/s1. The molecule has 0 bridgehead atoms. The maximum atomic E-state index is 10.1. The van der Waals surface area contributed by atoms with Crippen molar-refractivity contribution in [2.75, 3.05) is 7.05 Å². The van der Waals surface area contributed by atoms with Crippen LogP contribution in [-0.2, 0) is 0 Å². The molecule has 1 aliphatic carbocycles. The summed E-state index contributed by atoms with van der Waals surface area (Å²) in [6.45, 7) is 1.99. The van der Waals surface area contributed by atoms with Crippen molar-refractivity contribution >= 4 is 0 Å². The van der Waals surface area contributed by atoms with E-state index in [1.807, 2.05) is 20.0 Å². The highest BCUT2D eigenvalue weighted by molar-refractivity contribution is 5.30. The van der Waals surface area contributed by atoms with E-state index < -0.39 is 6.10 Å². The second-order valence-corrected chi connectivity index (χ2v) is 4.47. The van der Waals surface area contributed by atoms with E-state index in [4.69, 9.17) is 0 Å². The van der Waals surface area contributed by atoms with Crippen LogP contribution in [0.1, 0.15) is 42.9 Å². The molecule has 1 aromatic carbocycles. The van der Waals surface area contributed by atoms with Gasteiger partial charge in [0.15, 0.2) is 0 Å². The van der Waals surface area contributed by atoms with Crippen molar-refractivity contribution in [2.24, 2.45) is 0 Å². The van der Waals surface area contributed by atoms with E-state index >= 15 is 0 Å². The third-order valence-corrected chi connectivity index (χ3v) is 3.23. The van der Waals surface area contributed by atoms with Gasteiger partial charge in [-0.3, -0.25) is 0 Å². The van der Waals surface area contributed by atoms with Crippen LogP contribution in [0.2, 0.25) is 0 Å². The summed E-state index contributed by atoms with van der Waals surface area (Å²) < 4.78 is 0. The number of hydrogen-bond donors (Lipinski definition) is 2. The molecule has 2 atom stereocenters. The van der Waals surface area contributed by atoms with Gasteiger partial charge in [0, 0.05) is 6.04 Å². The van der Waals surface area contributed by atoms with Crippen molar-refractivity contribution in [1.29, 1.82) is 0 Å². The molecule has 1 aromatic rings. The summed E-state index contributed by atoms with van der Waals surface area (Å²) in [6, 6.07) is 8.46. The fourth-order valence-electron chi connectivity index (χ4n) is 1.86. The van der Waals surface area contributed by atoms with Gasteiger partial charge in [0.2, 0.25) is 0 Å². The SMILES string of the molecule is CNC(C)[C@@H](O)c1cccc(C2CC2)c1. The highest BCUT2D eigenvalue weighted by atomic mass is 16.3. The summed E-state index contributed by atoms with van der Waals surface area (Å²) in [7, 11) is 1.87. The first-order valence-corrected chi connectivity index (χ1v) is 5.67. The molecule has 0 saturated heterocycles. The Morgan fingerprint density at radius 1 is 1.40 bits per heavy atom. The summed E-state index contributed by atoms with van der Waals surface area (Å²) >= 11 is 0. The Balaban J connectivity index is 2.16. The lowest BCUT2D eigenvalue weighted by Crippen LogP contribution is -2.28. The van der Waals surface area contributed by atoms with Crippen molar-refractivity contribution in [1.82, 2.24) is 5.32 Å². The van der Waals surface area contributed by atoms with Gasteiger partial charge in [0.05, 0.1) is 6.10 Å². The van der Waals surface area contributed by atoms with E-state index in [0.717, 1.165) is 11.5 Å². The second kappa shape index (κ2) is 4.33. The maximum absolute atomic E-state index is 10.1. The number of aliphatic hydroxyl groups excluding tert-OH is 1. The lowest BCUT2D eigenvalue weighted by atomic mass is 10.00. The molecule has 0 heterocycles. The van der Waals surface area contributed by atoms with Crippen molar-refractivity contribution in [3.8, 4) is 0 Å². The Morgan fingerprint density at radius 2 is 2.13 bits per heavy atom. The number of nitrogens with one attached hydrogen (secondary N) is 1. The molecule has 2 nitrogen and oxygen atoms in total. The van der Waals surface area contributed by atoms with Crippen LogP contribution in [0.25, 0.3) is 0 Å². The topological polar surface area (TPSA) is 32.3 Å². The van der Waals surface area contributed by atoms with Gasteiger partial charge in [-0.1, -0.05) is 24.3 Å². The second-order valence-electron chi connectivity index (χ2n) is 4.47. The van der Waals surface area contributed by atoms with Crippen LogP contribution in [-0.4, -0.2) is 18.2 Å². The van der Waals surface area contributed by atoms with Crippen LogP contribution in [0.15, 0.2) is 24.3 Å². The van der Waals surface area contributed by atoms with E-state index in [0.29, 0.717) is 0 Å². The molecule has 2 N–H and O–H groups in total. The molecular weight excluding hydrogens is 186 g/mol. The largest absolute Gasteiger partial charge is 0.387 e. The van der Waals surface area contributed by atoms with E-state index in [1.165, 1.54) is 18.4 Å². The Labute approximate surface area is 91.3 Å². The number of aliphatic hydroxyl groups is 1. The van der Waals surface area contributed by atoms with Gasteiger partial charge in [-0.15, -0.1) is 0 Å². The Kier molecular flexibility index (Phi) is 3.08. The normalized spacial score (nSPS) is 19.9. The van der Waals surface area contributed by atoms with Crippen molar-refractivity contribution in [3.63, 3.8) is 0 Å². The van der Waals surface area contributed by atoms with Crippen molar-refractivity contribution in [3.05, 3.63) is 35.4 Å². The molecule has 2 heteroatoms. The van der Waals surface area contributed by atoms with Gasteiger partial charge >= 0.3 is 0 Å². The van der Waals surface area contributed by atoms with E-state index in [-0.39, 0.29) is 6.04 Å². The molecular formula is C13H19NO. The molecule has 0 aromatic heterocycles. The summed E-state index contributed by atoms with van der Waals surface area (Å²) in [5.74, 6) is 0.752. The van der Waals surface area contributed by atoms with Gasteiger partial charge in [-0.25, -0.2) is 0 Å². The molecule has 0 amide bonds. The fraction of sp³-hybridized carbons (Fsp3) is 0.538. The predicted molar refractivity (Wildman–Crippen MR) is 61.9 cm³/mol. The van der Waals surface area contributed by atoms with E-state index in [2.05, 4.69) is 23.5 Å². The van der Waals surface area contributed by atoms with Crippen LogP contribution in [0, 0.1) is 0 Å². The van der Waals surface area contributed by atoms with Crippen LogP contribution < -0.4 is 5.32 Å². The third-order valence-electron chi connectivity index (χ3n) is 3.23. The lowest BCUT2D eigenvalue weighted by molar-refractivity contribution is 0.140. The minimum atomic E-state index is -0.409. The molecule has 0 radical (unpaired) electrons. The molecule has 2 rings (SSSR count). The first-order valence-electron chi connectivity index (χ1n) is 5.67. The molecule has 1 aliphatic rings. The third kappa shape index (κ3) is 2.39. The van der Waals surface area contributed by atoms with Crippen molar-refractivity contribution in [2.45, 2.75) is 37.8 Å². The molecule has 15 heavy (non-hydrogen) atoms. The van der Waals surface area contributed by atoms with Gasteiger partial charge in [-0.05, 0) is 43.9 Å². The monoisotopic (exact) mass is 205 g/mol. The maximum Gasteiger partial charge on any atom is 0.0940 e. The van der Waals surface area contributed by atoms with Gasteiger partial charge < -0.3 is 10.4 Å². The van der Waals surface area contributed by atoms with Crippen molar-refractivity contribution < 1.29 is 5.11 Å². The molecule has 0 spiro atoms. The Bertz CT molecular complexity index is 333. The van der Waals surface area contributed by atoms with Crippen LogP contribution in [0.3, 0.4) is 0 Å². The highest BCUT2D eigenvalue weighted by Gasteiger charge is 2.24. The summed E-state index contributed by atoms with van der Waals surface area (Å²) in [6.07, 6.45) is 2.20. The van der Waals surface area contributed by atoms with Crippen LogP contribution >= 0.6 is 0 Å². The quantitative estimate of drug-likeness (QED) is 0.790. The Hall–Kier alpha value is -0.860. The molecule has 0 aliphatic heterocycles. The fourth-order valence-corrected chi connectivity index (χ4v) is 1.86. The van der Waals surface area contributed by atoms with Crippen LogP contribution in [0.5, 0.6) is 0 Å². The summed E-state index contributed by atoms with van der Waals surface area (Å²) in [4.78, 5) is 0. The predicted octanol–water partition coefficient (Wildman–Crippen LogP) is 2.21. The zero-order chi connectivity index (χ0) is 10.8. The van der Waals surface area contributed by atoms with Gasteiger partial charge in [0.25, 0.3) is 0 Å². The number of rotatable bonds is 4. The van der Waals surface area contributed by atoms with E-state index in [1.54, 1.807) is 0 Å². The zero-order valence-electron chi connectivity index (χ0n) is 9.40. The van der Waals surface area contributed by atoms with Gasteiger partial charge in [-0.2, -0.15) is 0 Å². The minimum absolute atomic E-state index is 0.0967. The lowest BCUT2D eigenvalue weighted by Gasteiger charge is -2.19. The molecule has 1 unspecified atom stereocenters. The molecule has 1 saturated carbocycles. The van der Waals surface area contributed by atoms with Gasteiger partial charge in [0.1, 0.15) is 0 Å². The smallest absolute Gasteiger partial charge is 0.0940 e. The molecule has 1 fully saturated rings. The summed E-state index contributed by atoms with van der Waals surface area (Å²) in [5, 5.41) is 13.1. The highest BCUT2D eigenvalue weighted by Crippen LogP contribution is 2.40. The minimum Gasteiger partial charge on any atom is -0.387 e. The Morgan fingerprint density at radius 3 is 2.73 bits per heavy atom. The number of hydrogen-bond acceptors (Lipinski definition) is 2. The number of likely N-dealkylation sites (N-methyl/N-ethyl adjacent to an activating group) is 1. The summed E-state index contributed by atoms with van der Waals surface area (Å²) in [5.41, 5.74) is 2.41. The number of benzene rings is 1. The van der Waals surface area contributed by atoms with E-state index in [9.17, 15) is 5.11 Å². The molecule has 82 valence electrons.